The molecule has 3 aromatic rings. The van der Waals surface area contributed by atoms with E-state index in [4.69, 9.17) is 4.42 Å². The Morgan fingerprint density at radius 2 is 2.04 bits per heavy atom. The van der Waals surface area contributed by atoms with Crippen molar-refractivity contribution in [2.75, 3.05) is 7.05 Å². The smallest absolute Gasteiger partial charge is 0.236 e. The van der Waals surface area contributed by atoms with Crippen molar-refractivity contribution in [1.82, 2.24) is 9.88 Å². The molecule has 0 spiro atoms. The van der Waals surface area contributed by atoms with E-state index in [2.05, 4.69) is 4.98 Å². The number of aromatic nitrogens is 1. The standard InChI is InChI=1S/C17H16F2N2OS/c1-11-15(20-17(22-11)16-4-3-7-23-16)10-21(2)9-12-5-6-13(18)8-14(12)19/h3-8H,9-10H2,1-2H3. The quantitative estimate of drug-likeness (QED) is 0.682. The summed E-state index contributed by atoms with van der Waals surface area (Å²) in [6.45, 7) is 2.76. The summed E-state index contributed by atoms with van der Waals surface area (Å²) in [5, 5.41) is 1.97. The van der Waals surface area contributed by atoms with Gasteiger partial charge < -0.3 is 4.42 Å². The van der Waals surface area contributed by atoms with E-state index in [0.29, 0.717) is 24.5 Å². The average molecular weight is 334 g/mol. The van der Waals surface area contributed by atoms with Gasteiger partial charge in [-0.3, -0.25) is 4.90 Å². The van der Waals surface area contributed by atoms with E-state index in [9.17, 15) is 8.78 Å². The van der Waals surface area contributed by atoms with Crippen LogP contribution in [0.25, 0.3) is 10.8 Å². The van der Waals surface area contributed by atoms with Gasteiger partial charge in [-0.2, -0.15) is 0 Å². The molecule has 1 aromatic carbocycles. The van der Waals surface area contributed by atoms with Crippen LogP contribution in [0, 0.1) is 18.6 Å². The minimum absolute atomic E-state index is 0.368. The second-order valence-electron chi connectivity index (χ2n) is 5.41. The number of thiophene rings is 1. The zero-order valence-corrected chi connectivity index (χ0v) is 13.7. The van der Waals surface area contributed by atoms with Crippen molar-refractivity contribution in [2.45, 2.75) is 20.0 Å². The maximum atomic E-state index is 13.7. The summed E-state index contributed by atoms with van der Waals surface area (Å²) in [7, 11) is 1.86. The predicted octanol–water partition coefficient (Wildman–Crippen LogP) is 4.62. The fraction of sp³-hybridized carbons (Fsp3) is 0.235. The Morgan fingerprint density at radius 3 is 2.74 bits per heavy atom. The zero-order chi connectivity index (χ0) is 16.4. The van der Waals surface area contributed by atoms with E-state index in [0.717, 1.165) is 22.4 Å². The Hall–Kier alpha value is -2.05. The average Bonchev–Trinajstić information content (AvgIpc) is 3.13. The van der Waals surface area contributed by atoms with Crippen molar-refractivity contribution in [1.29, 1.82) is 0 Å². The lowest BCUT2D eigenvalue weighted by Gasteiger charge is -2.16. The van der Waals surface area contributed by atoms with Crippen LogP contribution in [0.3, 0.4) is 0 Å². The lowest BCUT2D eigenvalue weighted by atomic mass is 10.2. The first-order chi connectivity index (χ1) is 11.0. The van der Waals surface area contributed by atoms with Crippen LogP contribution in [-0.4, -0.2) is 16.9 Å². The van der Waals surface area contributed by atoms with Gasteiger partial charge >= 0.3 is 0 Å². The molecule has 0 N–H and O–H groups in total. The molecule has 0 radical (unpaired) electrons. The molecular weight excluding hydrogens is 318 g/mol. The van der Waals surface area contributed by atoms with Gasteiger partial charge in [0, 0.05) is 24.7 Å². The summed E-state index contributed by atoms with van der Waals surface area (Å²) in [5.41, 5.74) is 1.27. The fourth-order valence-electron chi connectivity index (χ4n) is 2.33. The molecule has 3 rings (SSSR count). The normalized spacial score (nSPS) is 11.3. The second-order valence-corrected chi connectivity index (χ2v) is 6.35. The molecule has 0 aliphatic heterocycles. The minimum Gasteiger partial charge on any atom is -0.440 e. The Kier molecular flexibility index (Phi) is 4.54. The summed E-state index contributed by atoms with van der Waals surface area (Å²) >= 11 is 1.57. The number of hydrogen-bond acceptors (Lipinski definition) is 4. The van der Waals surface area contributed by atoms with E-state index in [1.165, 1.54) is 12.1 Å². The van der Waals surface area contributed by atoms with Gasteiger partial charge in [0.05, 0.1) is 10.6 Å². The highest BCUT2D eigenvalue weighted by Crippen LogP contribution is 2.26. The lowest BCUT2D eigenvalue weighted by Crippen LogP contribution is -2.18. The van der Waals surface area contributed by atoms with Crippen LogP contribution in [0.5, 0.6) is 0 Å². The maximum absolute atomic E-state index is 13.7. The van der Waals surface area contributed by atoms with Gasteiger partial charge in [-0.25, -0.2) is 13.8 Å². The largest absolute Gasteiger partial charge is 0.440 e. The molecule has 0 amide bonds. The van der Waals surface area contributed by atoms with Crippen LogP contribution in [0.1, 0.15) is 17.0 Å². The van der Waals surface area contributed by atoms with Crippen molar-refractivity contribution < 1.29 is 13.2 Å². The van der Waals surface area contributed by atoms with Crippen molar-refractivity contribution in [3.63, 3.8) is 0 Å². The summed E-state index contributed by atoms with van der Waals surface area (Å²) in [6.07, 6.45) is 0. The number of nitrogens with zero attached hydrogens (tertiary/aromatic N) is 2. The first-order valence-corrected chi connectivity index (χ1v) is 8.03. The highest BCUT2D eigenvalue weighted by Gasteiger charge is 2.15. The third-order valence-electron chi connectivity index (χ3n) is 3.50. The highest BCUT2D eigenvalue weighted by molar-refractivity contribution is 7.13. The SMILES string of the molecule is Cc1oc(-c2cccs2)nc1CN(C)Cc1ccc(F)cc1F. The first kappa shape index (κ1) is 15.8. The highest BCUT2D eigenvalue weighted by atomic mass is 32.1. The number of oxazole rings is 1. The van der Waals surface area contributed by atoms with Gasteiger partial charge in [0.1, 0.15) is 17.4 Å². The molecule has 0 saturated heterocycles. The van der Waals surface area contributed by atoms with Crippen molar-refractivity contribution in [3.8, 4) is 10.8 Å². The van der Waals surface area contributed by atoms with Gasteiger partial charge in [0.25, 0.3) is 0 Å². The Morgan fingerprint density at radius 1 is 1.22 bits per heavy atom. The monoisotopic (exact) mass is 334 g/mol. The molecule has 0 unspecified atom stereocenters. The Bertz CT molecular complexity index is 799. The number of hydrogen-bond donors (Lipinski definition) is 0. The third kappa shape index (κ3) is 3.65. The molecule has 0 fully saturated rings. The molecular formula is C17H16F2N2OS. The van der Waals surface area contributed by atoms with Crippen molar-refractivity contribution in [3.05, 3.63) is 64.4 Å². The molecule has 6 heteroatoms. The van der Waals surface area contributed by atoms with Gasteiger partial charge in [0.15, 0.2) is 0 Å². The number of halogens is 2. The van der Waals surface area contributed by atoms with E-state index in [1.807, 2.05) is 36.4 Å². The number of aryl methyl sites for hydroxylation is 1. The van der Waals surface area contributed by atoms with Crippen LogP contribution in [0.15, 0.2) is 40.1 Å². The number of rotatable bonds is 5. The summed E-state index contributed by atoms with van der Waals surface area (Å²) in [5.74, 6) is 0.253. The second kappa shape index (κ2) is 6.60. The third-order valence-corrected chi connectivity index (χ3v) is 4.36. The number of benzene rings is 1. The molecule has 0 aliphatic carbocycles. The van der Waals surface area contributed by atoms with Crippen LogP contribution in [-0.2, 0) is 13.1 Å². The molecule has 0 saturated carbocycles. The van der Waals surface area contributed by atoms with Gasteiger partial charge in [-0.15, -0.1) is 11.3 Å². The summed E-state index contributed by atoms with van der Waals surface area (Å²) in [4.78, 5) is 7.41. The van der Waals surface area contributed by atoms with Crippen LogP contribution in [0.4, 0.5) is 8.78 Å². The van der Waals surface area contributed by atoms with Crippen molar-refractivity contribution >= 4 is 11.3 Å². The topological polar surface area (TPSA) is 29.3 Å². The zero-order valence-electron chi connectivity index (χ0n) is 12.8. The van der Waals surface area contributed by atoms with Crippen molar-refractivity contribution in [2.24, 2.45) is 0 Å². The predicted molar refractivity (Wildman–Crippen MR) is 86.1 cm³/mol. The molecule has 2 aromatic heterocycles. The minimum atomic E-state index is -0.568. The van der Waals surface area contributed by atoms with Gasteiger partial charge in [-0.1, -0.05) is 12.1 Å². The lowest BCUT2D eigenvalue weighted by molar-refractivity contribution is 0.308. The molecule has 0 atom stereocenters. The summed E-state index contributed by atoms with van der Waals surface area (Å²) in [6, 6.07) is 7.54. The first-order valence-electron chi connectivity index (χ1n) is 7.15. The molecule has 120 valence electrons. The van der Waals surface area contributed by atoms with Crippen LogP contribution in [0.2, 0.25) is 0 Å². The molecule has 2 heterocycles. The molecule has 23 heavy (non-hydrogen) atoms. The van der Waals surface area contributed by atoms with Gasteiger partial charge in [-0.05, 0) is 31.5 Å². The summed E-state index contributed by atoms with van der Waals surface area (Å²) < 4.78 is 32.4. The van der Waals surface area contributed by atoms with E-state index in [-0.39, 0.29) is 0 Å². The Labute approximate surface area is 137 Å². The molecule has 0 bridgehead atoms. The Balaban J connectivity index is 1.71. The van der Waals surface area contributed by atoms with E-state index in [1.54, 1.807) is 11.3 Å². The van der Waals surface area contributed by atoms with Gasteiger partial charge in [0.2, 0.25) is 5.89 Å². The maximum Gasteiger partial charge on any atom is 0.236 e. The molecule has 0 aliphatic rings. The van der Waals surface area contributed by atoms with Crippen LogP contribution < -0.4 is 0 Å². The molecule has 3 nitrogen and oxygen atoms in total. The van der Waals surface area contributed by atoms with Crippen LogP contribution >= 0.6 is 11.3 Å². The fourth-order valence-corrected chi connectivity index (χ4v) is 2.98. The van der Waals surface area contributed by atoms with E-state index >= 15 is 0 Å². The van der Waals surface area contributed by atoms with E-state index < -0.39 is 11.6 Å².